The first-order chi connectivity index (χ1) is 8.84. The third-order valence-electron chi connectivity index (χ3n) is 4.63. The van der Waals surface area contributed by atoms with E-state index in [9.17, 15) is 4.79 Å². The van der Waals surface area contributed by atoms with Crippen LogP contribution >= 0.6 is 0 Å². The normalized spacial score (nSPS) is 36.1. The second kappa shape index (κ2) is 5.57. The minimum Gasteiger partial charge on any atom is -0.378 e. The molecular weight excluding hydrogens is 228 g/mol. The van der Waals surface area contributed by atoms with Gasteiger partial charge in [0.25, 0.3) is 0 Å². The molecule has 4 nitrogen and oxygen atoms in total. The minimum atomic E-state index is 0.351. The maximum absolute atomic E-state index is 11.8. The predicted molar refractivity (Wildman–Crippen MR) is 69.4 cm³/mol. The maximum Gasteiger partial charge on any atom is 0.224 e. The van der Waals surface area contributed by atoms with Crippen LogP contribution in [0.4, 0.5) is 0 Å². The predicted octanol–water partition coefficient (Wildman–Crippen LogP) is 1.30. The molecule has 0 aliphatic carbocycles. The summed E-state index contributed by atoms with van der Waals surface area (Å²) in [5.74, 6) is 0.351. The van der Waals surface area contributed by atoms with Crippen LogP contribution in [0, 0.1) is 0 Å². The van der Waals surface area contributed by atoms with E-state index in [4.69, 9.17) is 4.74 Å². The second-order valence-electron chi connectivity index (χ2n) is 5.84. The van der Waals surface area contributed by atoms with E-state index in [2.05, 4.69) is 10.2 Å². The third-order valence-corrected chi connectivity index (χ3v) is 4.63. The summed E-state index contributed by atoms with van der Waals surface area (Å²) >= 11 is 0. The minimum absolute atomic E-state index is 0.351. The van der Waals surface area contributed by atoms with Gasteiger partial charge >= 0.3 is 0 Å². The highest BCUT2D eigenvalue weighted by molar-refractivity contribution is 5.80. The lowest BCUT2D eigenvalue weighted by Crippen LogP contribution is -2.40. The average molecular weight is 252 g/mol. The third kappa shape index (κ3) is 2.54. The van der Waals surface area contributed by atoms with Crippen LogP contribution in [0.1, 0.15) is 44.9 Å². The van der Waals surface area contributed by atoms with Crippen molar-refractivity contribution in [2.45, 2.75) is 63.1 Å². The van der Waals surface area contributed by atoms with Gasteiger partial charge in [0.15, 0.2) is 0 Å². The van der Waals surface area contributed by atoms with Gasteiger partial charge in [-0.05, 0) is 45.1 Å². The SMILES string of the molecule is O=C1CC(NCCC2CCCCO2)C2CCCN12. The van der Waals surface area contributed by atoms with E-state index in [1.165, 1.54) is 32.1 Å². The maximum atomic E-state index is 11.8. The Bertz CT molecular complexity index is 302. The molecule has 3 aliphatic heterocycles. The van der Waals surface area contributed by atoms with Crippen molar-refractivity contribution < 1.29 is 9.53 Å². The molecule has 0 spiro atoms. The fraction of sp³-hybridized carbons (Fsp3) is 0.929. The van der Waals surface area contributed by atoms with Gasteiger partial charge in [0, 0.05) is 31.7 Å². The molecule has 3 atom stereocenters. The van der Waals surface area contributed by atoms with Crippen molar-refractivity contribution >= 4 is 5.91 Å². The number of fused-ring (bicyclic) bond motifs is 1. The van der Waals surface area contributed by atoms with Crippen LogP contribution in [0.2, 0.25) is 0 Å². The molecule has 3 rings (SSSR count). The van der Waals surface area contributed by atoms with Gasteiger partial charge in [-0.25, -0.2) is 0 Å². The first kappa shape index (κ1) is 12.4. The fourth-order valence-electron chi connectivity index (χ4n) is 3.63. The molecule has 0 aromatic heterocycles. The van der Waals surface area contributed by atoms with Crippen molar-refractivity contribution in [1.29, 1.82) is 0 Å². The van der Waals surface area contributed by atoms with Crippen molar-refractivity contribution in [2.75, 3.05) is 19.7 Å². The lowest BCUT2D eigenvalue weighted by molar-refractivity contribution is -0.127. The van der Waals surface area contributed by atoms with E-state index in [-0.39, 0.29) is 0 Å². The van der Waals surface area contributed by atoms with Crippen LogP contribution in [-0.4, -0.2) is 48.7 Å². The molecule has 3 aliphatic rings. The van der Waals surface area contributed by atoms with E-state index in [0.29, 0.717) is 30.5 Å². The van der Waals surface area contributed by atoms with E-state index in [1.807, 2.05) is 0 Å². The Morgan fingerprint density at radius 3 is 3.06 bits per heavy atom. The zero-order chi connectivity index (χ0) is 12.4. The summed E-state index contributed by atoms with van der Waals surface area (Å²) in [6.45, 7) is 2.91. The standard InChI is InChI=1S/C14H24N2O2/c17-14-10-12(13-5-3-8-16(13)14)15-7-6-11-4-1-2-9-18-11/h11-13,15H,1-10H2. The number of nitrogens with zero attached hydrogens (tertiary/aromatic N) is 1. The number of hydrogen-bond acceptors (Lipinski definition) is 3. The van der Waals surface area contributed by atoms with E-state index in [1.54, 1.807) is 0 Å². The summed E-state index contributed by atoms with van der Waals surface area (Å²) in [4.78, 5) is 13.9. The Kier molecular flexibility index (Phi) is 3.85. The van der Waals surface area contributed by atoms with Crippen LogP contribution in [-0.2, 0) is 9.53 Å². The molecule has 3 unspecified atom stereocenters. The molecule has 4 heteroatoms. The van der Waals surface area contributed by atoms with Crippen LogP contribution < -0.4 is 5.32 Å². The molecule has 3 saturated heterocycles. The summed E-state index contributed by atoms with van der Waals surface area (Å²) in [6, 6.07) is 0.869. The van der Waals surface area contributed by atoms with Gasteiger partial charge in [0.1, 0.15) is 0 Å². The van der Waals surface area contributed by atoms with Crippen molar-refractivity contribution in [2.24, 2.45) is 0 Å². The quantitative estimate of drug-likeness (QED) is 0.820. The molecular formula is C14H24N2O2. The lowest BCUT2D eigenvalue weighted by atomic mass is 10.0. The molecule has 1 amide bonds. The average Bonchev–Trinajstić information content (AvgIpc) is 2.97. The summed E-state index contributed by atoms with van der Waals surface area (Å²) in [6.07, 6.45) is 8.35. The van der Waals surface area contributed by atoms with E-state index < -0.39 is 0 Å². The van der Waals surface area contributed by atoms with Crippen molar-refractivity contribution in [3.05, 3.63) is 0 Å². The number of nitrogens with one attached hydrogen (secondary N) is 1. The molecule has 3 heterocycles. The Balaban J connectivity index is 1.41. The van der Waals surface area contributed by atoms with Crippen molar-refractivity contribution in [3.63, 3.8) is 0 Å². The Labute approximate surface area is 109 Å². The highest BCUT2D eigenvalue weighted by atomic mass is 16.5. The highest BCUT2D eigenvalue weighted by Crippen LogP contribution is 2.29. The Morgan fingerprint density at radius 2 is 2.22 bits per heavy atom. The van der Waals surface area contributed by atoms with Crippen LogP contribution in [0.25, 0.3) is 0 Å². The topological polar surface area (TPSA) is 41.6 Å². The first-order valence-corrected chi connectivity index (χ1v) is 7.49. The number of ether oxygens (including phenoxy) is 1. The molecule has 1 N–H and O–H groups in total. The molecule has 3 fully saturated rings. The van der Waals surface area contributed by atoms with Gasteiger partial charge in [-0.2, -0.15) is 0 Å². The molecule has 0 bridgehead atoms. The second-order valence-corrected chi connectivity index (χ2v) is 5.84. The number of rotatable bonds is 4. The van der Waals surface area contributed by atoms with Crippen LogP contribution in [0.3, 0.4) is 0 Å². The van der Waals surface area contributed by atoms with Gasteiger partial charge in [-0.1, -0.05) is 0 Å². The number of hydrogen-bond donors (Lipinski definition) is 1. The van der Waals surface area contributed by atoms with Crippen molar-refractivity contribution in [3.8, 4) is 0 Å². The van der Waals surface area contributed by atoms with Gasteiger partial charge in [0.05, 0.1) is 6.10 Å². The van der Waals surface area contributed by atoms with E-state index >= 15 is 0 Å². The number of carbonyl (C=O) groups excluding carboxylic acids is 1. The summed E-state index contributed by atoms with van der Waals surface area (Å²) in [5.41, 5.74) is 0. The van der Waals surface area contributed by atoms with Crippen molar-refractivity contribution in [1.82, 2.24) is 10.2 Å². The zero-order valence-corrected chi connectivity index (χ0v) is 11.1. The monoisotopic (exact) mass is 252 g/mol. The van der Waals surface area contributed by atoms with Gasteiger partial charge in [-0.3, -0.25) is 4.79 Å². The first-order valence-electron chi connectivity index (χ1n) is 7.49. The van der Waals surface area contributed by atoms with Gasteiger partial charge in [-0.15, -0.1) is 0 Å². The molecule has 0 radical (unpaired) electrons. The molecule has 18 heavy (non-hydrogen) atoms. The van der Waals surface area contributed by atoms with E-state index in [0.717, 1.165) is 26.1 Å². The highest BCUT2D eigenvalue weighted by Gasteiger charge is 2.41. The fourth-order valence-corrected chi connectivity index (χ4v) is 3.63. The van der Waals surface area contributed by atoms with Crippen LogP contribution in [0.5, 0.6) is 0 Å². The summed E-state index contributed by atoms with van der Waals surface area (Å²) in [7, 11) is 0. The summed E-state index contributed by atoms with van der Waals surface area (Å²) < 4.78 is 5.73. The van der Waals surface area contributed by atoms with Gasteiger partial charge in [0.2, 0.25) is 5.91 Å². The molecule has 0 saturated carbocycles. The summed E-state index contributed by atoms with van der Waals surface area (Å²) in [5, 5.41) is 3.59. The number of carbonyl (C=O) groups is 1. The van der Waals surface area contributed by atoms with Crippen LogP contribution in [0.15, 0.2) is 0 Å². The molecule has 102 valence electrons. The smallest absolute Gasteiger partial charge is 0.224 e. The Morgan fingerprint density at radius 1 is 1.28 bits per heavy atom. The largest absolute Gasteiger partial charge is 0.378 e. The molecule has 0 aromatic carbocycles. The zero-order valence-electron chi connectivity index (χ0n) is 11.1. The number of amides is 1. The Hall–Kier alpha value is -0.610. The lowest BCUT2D eigenvalue weighted by Gasteiger charge is -2.25. The molecule has 0 aromatic rings. The van der Waals surface area contributed by atoms with Gasteiger partial charge < -0.3 is 15.0 Å².